The SMILES string of the molecule is Cc1nn(Cc2ccc(F)cc2Cl)c(C)c1NC(=S)Nc1ccc(F)c(Cl)c1. The van der Waals surface area contributed by atoms with Crippen LogP contribution in [0.4, 0.5) is 20.2 Å². The van der Waals surface area contributed by atoms with E-state index in [4.69, 9.17) is 35.4 Å². The molecule has 0 radical (unpaired) electrons. The molecule has 0 saturated heterocycles. The van der Waals surface area contributed by atoms with Crippen molar-refractivity contribution in [3.8, 4) is 0 Å². The van der Waals surface area contributed by atoms with Gasteiger partial charge in [0.05, 0.1) is 28.6 Å². The van der Waals surface area contributed by atoms with Crippen molar-refractivity contribution in [1.82, 2.24) is 9.78 Å². The number of rotatable bonds is 4. The monoisotopic (exact) mass is 440 g/mol. The third-order valence-corrected chi connectivity index (χ3v) is 4.98. The van der Waals surface area contributed by atoms with E-state index in [1.165, 1.54) is 30.3 Å². The molecule has 0 spiro atoms. The second-order valence-electron chi connectivity index (χ2n) is 6.15. The molecule has 1 aromatic heterocycles. The van der Waals surface area contributed by atoms with Gasteiger partial charge in [-0.05, 0) is 62.0 Å². The summed E-state index contributed by atoms with van der Waals surface area (Å²) in [4.78, 5) is 0. The largest absolute Gasteiger partial charge is 0.332 e. The van der Waals surface area contributed by atoms with Crippen LogP contribution in [0.1, 0.15) is 17.0 Å². The number of nitrogens with zero attached hydrogens (tertiary/aromatic N) is 2. The first-order valence-electron chi connectivity index (χ1n) is 8.25. The summed E-state index contributed by atoms with van der Waals surface area (Å²) in [6.45, 7) is 4.12. The minimum atomic E-state index is -0.501. The lowest BCUT2D eigenvalue weighted by Crippen LogP contribution is -2.20. The number of benzene rings is 2. The second kappa shape index (κ2) is 8.43. The Hall–Kier alpha value is -2.22. The van der Waals surface area contributed by atoms with Crippen LogP contribution in [0.2, 0.25) is 10.0 Å². The number of anilines is 2. The maximum absolute atomic E-state index is 13.3. The first-order chi connectivity index (χ1) is 13.2. The normalized spacial score (nSPS) is 10.8. The molecule has 0 amide bonds. The molecule has 0 saturated carbocycles. The predicted molar refractivity (Wildman–Crippen MR) is 113 cm³/mol. The van der Waals surface area contributed by atoms with E-state index in [-0.39, 0.29) is 10.8 Å². The Morgan fingerprint density at radius 2 is 1.82 bits per heavy atom. The number of hydrogen-bond donors (Lipinski definition) is 2. The summed E-state index contributed by atoms with van der Waals surface area (Å²) in [6, 6.07) is 8.51. The molecule has 0 aliphatic heterocycles. The van der Waals surface area contributed by atoms with Crippen molar-refractivity contribution in [3.63, 3.8) is 0 Å². The lowest BCUT2D eigenvalue weighted by molar-refractivity contribution is 0.622. The zero-order valence-electron chi connectivity index (χ0n) is 15.0. The molecule has 2 N–H and O–H groups in total. The fourth-order valence-electron chi connectivity index (χ4n) is 2.69. The van der Waals surface area contributed by atoms with Crippen molar-refractivity contribution in [1.29, 1.82) is 0 Å². The summed E-state index contributed by atoms with van der Waals surface area (Å²) in [5.74, 6) is -0.889. The van der Waals surface area contributed by atoms with Crippen molar-refractivity contribution in [3.05, 3.63) is 75.0 Å². The van der Waals surface area contributed by atoms with Gasteiger partial charge >= 0.3 is 0 Å². The Bertz CT molecular complexity index is 1050. The van der Waals surface area contributed by atoms with Gasteiger partial charge in [-0.2, -0.15) is 5.10 Å². The maximum Gasteiger partial charge on any atom is 0.175 e. The van der Waals surface area contributed by atoms with Gasteiger partial charge in [-0.3, -0.25) is 4.68 Å². The average Bonchev–Trinajstić information content (AvgIpc) is 2.88. The lowest BCUT2D eigenvalue weighted by Gasteiger charge is -2.12. The Labute approximate surface area is 176 Å². The summed E-state index contributed by atoms with van der Waals surface area (Å²) < 4.78 is 28.3. The van der Waals surface area contributed by atoms with Crippen LogP contribution in [-0.2, 0) is 6.54 Å². The van der Waals surface area contributed by atoms with E-state index in [1.54, 1.807) is 10.7 Å². The Morgan fingerprint density at radius 3 is 2.50 bits per heavy atom. The molecular formula is C19H16Cl2F2N4S. The molecule has 0 bridgehead atoms. The van der Waals surface area contributed by atoms with E-state index in [2.05, 4.69) is 15.7 Å². The number of nitrogens with one attached hydrogen (secondary N) is 2. The lowest BCUT2D eigenvalue weighted by atomic mass is 10.2. The van der Waals surface area contributed by atoms with E-state index in [0.717, 1.165) is 22.6 Å². The highest BCUT2D eigenvalue weighted by Gasteiger charge is 2.14. The summed E-state index contributed by atoms with van der Waals surface area (Å²) >= 11 is 17.2. The minimum absolute atomic E-state index is 0.00385. The summed E-state index contributed by atoms with van der Waals surface area (Å²) in [7, 11) is 0. The standard InChI is InChI=1S/C19H16Cl2F2N4S/c1-10-18(25-19(28)24-14-5-6-17(23)16(21)8-14)11(2)27(26-10)9-12-3-4-13(22)7-15(12)20/h3-8H,9H2,1-2H3,(H2,24,25,28). The van der Waals surface area contributed by atoms with Crippen molar-refractivity contribution < 1.29 is 8.78 Å². The van der Waals surface area contributed by atoms with Crippen molar-refractivity contribution in [2.45, 2.75) is 20.4 Å². The highest BCUT2D eigenvalue weighted by molar-refractivity contribution is 7.80. The number of thiocarbonyl (C=S) groups is 1. The molecule has 3 aromatic rings. The summed E-state index contributed by atoms with van der Waals surface area (Å²) in [6.07, 6.45) is 0. The maximum atomic E-state index is 13.3. The molecule has 4 nitrogen and oxygen atoms in total. The van der Waals surface area contributed by atoms with E-state index in [9.17, 15) is 8.78 Å². The summed E-state index contributed by atoms with van der Waals surface area (Å²) in [5, 5.41) is 11.2. The Kier molecular flexibility index (Phi) is 6.17. The Balaban J connectivity index is 1.75. The smallest absolute Gasteiger partial charge is 0.175 e. The molecule has 146 valence electrons. The van der Waals surface area contributed by atoms with Gasteiger partial charge in [0, 0.05) is 10.7 Å². The molecule has 9 heteroatoms. The van der Waals surface area contributed by atoms with Gasteiger partial charge < -0.3 is 10.6 Å². The molecular weight excluding hydrogens is 425 g/mol. The number of halogens is 4. The zero-order chi connectivity index (χ0) is 20.4. The number of hydrogen-bond acceptors (Lipinski definition) is 2. The molecule has 28 heavy (non-hydrogen) atoms. The fraction of sp³-hybridized carbons (Fsp3) is 0.158. The van der Waals surface area contributed by atoms with Crippen LogP contribution < -0.4 is 10.6 Å². The molecule has 0 fully saturated rings. The third kappa shape index (κ3) is 4.60. The second-order valence-corrected chi connectivity index (χ2v) is 7.37. The van der Waals surface area contributed by atoms with Crippen LogP contribution in [0.25, 0.3) is 0 Å². The van der Waals surface area contributed by atoms with E-state index in [1.807, 2.05) is 13.8 Å². The van der Waals surface area contributed by atoms with E-state index in [0.29, 0.717) is 22.4 Å². The van der Waals surface area contributed by atoms with Crippen LogP contribution in [-0.4, -0.2) is 14.9 Å². The minimum Gasteiger partial charge on any atom is -0.332 e. The van der Waals surface area contributed by atoms with Gasteiger partial charge in [-0.15, -0.1) is 0 Å². The quantitative estimate of drug-likeness (QED) is 0.492. The van der Waals surface area contributed by atoms with Crippen LogP contribution in [0.3, 0.4) is 0 Å². The van der Waals surface area contributed by atoms with Crippen molar-refractivity contribution in [2.75, 3.05) is 10.6 Å². The van der Waals surface area contributed by atoms with Crippen LogP contribution >= 0.6 is 35.4 Å². The fourth-order valence-corrected chi connectivity index (χ4v) is 3.32. The first kappa shape index (κ1) is 20.5. The van der Waals surface area contributed by atoms with Crippen LogP contribution in [0.15, 0.2) is 36.4 Å². The summed E-state index contributed by atoms with van der Waals surface area (Å²) in [5.41, 5.74) is 3.62. The topological polar surface area (TPSA) is 41.9 Å². The third-order valence-electron chi connectivity index (χ3n) is 4.13. The van der Waals surface area contributed by atoms with Gasteiger partial charge in [-0.1, -0.05) is 29.3 Å². The molecule has 0 atom stereocenters. The van der Waals surface area contributed by atoms with Gasteiger partial charge in [0.1, 0.15) is 11.6 Å². The predicted octanol–water partition coefficient (Wildman–Crippen LogP) is 5.94. The van der Waals surface area contributed by atoms with E-state index < -0.39 is 5.82 Å². The van der Waals surface area contributed by atoms with Crippen LogP contribution in [0.5, 0.6) is 0 Å². The number of aromatic nitrogens is 2. The van der Waals surface area contributed by atoms with E-state index >= 15 is 0 Å². The van der Waals surface area contributed by atoms with Gasteiger partial charge in [0.2, 0.25) is 0 Å². The van der Waals surface area contributed by atoms with Gasteiger partial charge in [-0.25, -0.2) is 8.78 Å². The molecule has 1 heterocycles. The highest BCUT2D eigenvalue weighted by Crippen LogP contribution is 2.24. The highest BCUT2D eigenvalue weighted by atomic mass is 35.5. The van der Waals surface area contributed by atoms with Gasteiger partial charge in [0.25, 0.3) is 0 Å². The molecule has 2 aromatic carbocycles. The van der Waals surface area contributed by atoms with Crippen molar-refractivity contribution >= 4 is 51.9 Å². The number of aryl methyl sites for hydroxylation is 1. The van der Waals surface area contributed by atoms with Crippen molar-refractivity contribution in [2.24, 2.45) is 0 Å². The van der Waals surface area contributed by atoms with Gasteiger partial charge in [0.15, 0.2) is 5.11 Å². The molecule has 0 aliphatic rings. The average molecular weight is 441 g/mol. The molecule has 0 aliphatic carbocycles. The zero-order valence-corrected chi connectivity index (χ0v) is 17.3. The first-order valence-corrected chi connectivity index (χ1v) is 9.42. The van der Waals surface area contributed by atoms with Crippen LogP contribution in [0, 0.1) is 25.5 Å². The molecule has 0 unspecified atom stereocenters. The molecule has 3 rings (SSSR count). The Morgan fingerprint density at radius 1 is 1.07 bits per heavy atom.